The summed E-state index contributed by atoms with van der Waals surface area (Å²) >= 11 is 0. The molecule has 3 nitrogen and oxygen atoms in total. The average molecular weight is 137 g/mol. The maximum atomic E-state index is 6.25. The molecule has 0 rings (SSSR count). The van der Waals surface area contributed by atoms with Crippen LogP contribution in [0.2, 0.25) is 0 Å². The van der Waals surface area contributed by atoms with Crippen LogP contribution in [-0.2, 0) is 16.8 Å². The van der Waals surface area contributed by atoms with Crippen LogP contribution >= 0.6 is 0 Å². The van der Waals surface area contributed by atoms with Crippen molar-refractivity contribution < 1.29 is 16.8 Å². The molecule has 0 aromatic heterocycles. The van der Waals surface area contributed by atoms with Gasteiger partial charge in [0.15, 0.2) is 0 Å². The minimum absolute atomic E-state index is 0. The zero-order valence-electron chi connectivity index (χ0n) is 3.17. The summed E-state index contributed by atoms with van der Waals surface area (Å²) in [4.78, 5) is 0. The monoisotopic (exact) mass is 137 g/mol. The third-order valence-electron chi connectivity index (χ3n) is 0. The van der Waals surface area contributed by atoms with E-state index >= 15 is 0 Å². The first-order valence-corrected chi connectivity index (χ1v) is 0.671. The molecule has 0 N–H and O–H groups in total. The molecule has 0 aliphatic heterocycles. The van der Waals surface area contributed by atoms with Gasteiger partial charge in [-0.15, -0.1) is 0 Å². The summed E-state index contributed by atoms with van der Waals surface area (Å²) in [6.07, 6.45) is 0. The summed E-state index contributed by atoms with van der Waals surface area (Å²) in [5.41, 5.74) is 0. The Morgan fingerprint density at radius 3 is 0.571 bits per heavy atom. The summed E-state index contributed by atoms with van der Waals surface area (Å²) in [6, 6.07) is 0. The van der Waals surface area contributed by atoms with E-state index in [0.717, 1.165) is 0 Å². The van der Waals surface area contributed by atoms with Crippen molar-refractivity contribution in [3.05, 3.63) is 19.7 Å². The van der Waals surface area contributed by atoms with Gasteiger partial charge in [0.05, 0.1) is 0 Å². The van der Waals surface area contributed by atoms with Crippen molar-refractivity contribution in [1.82, 2.24) is 0 Å². The Hall–Kier alpha value is -1.02. The minimum Gasteiger partial charge on any atom is -0.512 e. The van der Waals surface area contributed by atoms with Crippen molar-refractivity contribution in [2.24, 2.45) is 0 Å². The fourth-order valence-electron chi connectivity index (χ4n) is 0. The van der Waals surface area contributed by atoms with E-state index in [2.05, 4.69) is 0 Å². The molecule has 0 spiro atoms. The Labute approximate surface area is 53.0 Å². The fraction of sp³-hybridized carbons (Fsp3) is 0. The number of hydrogen-bond acceptors (Lipinski definition) is 3. The molecule has 0 amide bonds. The van der Waals surface area contributed by atoms with E-state index in [1.807, 2.05) is 0 Å². The molecule has 0 saturated heterocycles. The second-order valence-electron chi connectivity index (χ2n) is 0. The normalized spacial score (nSPS) is 0.857. The van der Waals surface area contributed by atoms with Gasteiger partial charge in [0.2, 0.25) is 0 Å². The maximum absolute atomic E-state index is 6.25. The van der Waals surface area contributed by atoms with Crippen LogP contribution in [0.4, 0.5) is 0 Å². The molecule has 0 atom stereocenters. The van der Waals surface area contributed by atoms with Gasteiger partial charge >= 0.3 is 16.8 Å². The zero-order chi connectivity index (χ0) is 6.00. The van der Waals surface area contributed by atoms with Gasteiger partial charge in [-0.05, 0) is 0 Å². The first kappa shape index (κ1) is 37.9. The van der Waals surface area contributed by atoms with E-state index < -0.39 is 0 Å². The molecule has 4 heteroatoms. The molecule has 0 bridgehead atoms. The number of hydrogen-bond donors (Lipinski definition) is 0. The molecule has 36 valence electrons. The van der Waals surface area contributed by atoms with Crippen molar-refractivity contribution in [2.75, 3.05) is 0 Å². The largest absolute Gasteiger partial charge is 3.00 e. The molecule has 0 radical (unpaired) electrons. The third kappa shape index (κ3) is 42.1. The standard InChI is InChI=1S/3CN.Co/c3*1-2;/q3*-1;+3. The first-order valence-electron chi connectivity index (χ1n) is 0.671. The van der Waals surface area contributed by atoms with Crippen LogP contribution in [0.1, 0.15) is 0 Å². The van der Waals surface area contributed by atoms with Gasteiger partial charge in [0.1, 0.15) is 0 Å². The molecule has 0 aliphatic rings. The van der Waals surface area contributed by atoms with E-state index in [1.165, 1.54) is 0 Å². The SMILES string of the molecule is [C-]#N.[C-]#N.[C-]#N.[Co+3]. The molecule has 0 aromatic carbocycles. The summed E-state index contributed by atoms with van der Waals surface area (Å²) in [5, 5.41) is 18.8. The Morgan fingerprint density at radius 1 is 0.571 bits per heavy atom. The molecular formula is C3CoN3. The smallest absolute Gasteiger partial charge is 0.512 e. The van der Waals surface area contributed by atoms with Crippen LogP contribution in [0.3, 0.4) is 0 Å². The number of rotatable bonds is 0. The molecule has 0 aromatic rings. The van der Waals surface area contributed by atoms with Crippen LogP contribution < -0.4 is 0 Å². The summed E-state index contributed by atoms with van der Waals surface area (Å²) in [6.45, 7) is 14.2. The van der Waals surface area contributed by atoms with Gasteiger partial charge in [-0.3, -0.25) is 0 Å². The predicted octanol–water partition coefficient (Wildman–Crippen LogP) is 0.287. The van der Waals surface area contributed by atoms with Crippen molar-refractivity contribution in [3.8, 4) is 0 Å². The van der Waals surface area contributed by atoms with Crippen LogP contribution in [0.25, 0.3) is 0 Å². The second-order valence-corrected chi connectivity index (χ2v) is 0. The Bertz CT molecular complexity index is 38.7. The van der Waals surface area contributed by atoms with Gasteiger partial charge in [0.25, 0.3) is 0 Å². The average Bonchev–Trinajstić information content (AvgIpc) is 1.81. The molecule has 0 heterocycles. The van der Waals surface area contributed by atoms with Gasteiger partial charge in [-0.2, -0.15) is 0 Å². The van der Waals surface area contributed by atoms with Gasteiger partial charge in [-0.25, -0.2) is 0 Å². The third-order valence-corrected chi connectivity index (χ3v) is 0. The van der Waals surface area contributed by atoms with Crippen LogP contribution in [0, 0.1) is 35.5 Å². The minimum atomic E-state index is 0. The van der Waals surface area contributed by atoms with Crippen molar-refractivity contribution in [1.29, 1.82) is 15.8 Å². The van der Waals surface area contributed by atoms with E-state index in [1.54, 1.807) is 0 Å². The van der Waals surface area contributed by atoms with Crippen molar-refractivity contribution in [2.45, 2.75) is 0 Å². The predicted molar refractivity (Wildman–Crippen MR) is 14.9 cm³/mol. The molecule has 7 heavy (non-hydrogen) atoms. The Balaban J connectivity index is -0.00000000900. The van der Waals surface area contributed by atoms with E-state index in [0.29, 0.717) is 0 Å². The van der Waals surface area contributed by atoms with Gasteiger partial charge in [0, 0.05) is 0 Å². The van der Waals surface area contributed by atoms with E-state index in [9.17, 15) is 0 Å². The van der Waals surface area contributed by atoms with E-state index in [4.69, 9.17) is 35.5 Å². The summed E-state index contributed by atoms with van der Waals surface area (Å²) in [7, 11) is 0. The zero-order valence-corrected chi connectivity index (χ0v) is 4.22. The molecule has 0 saturated carbocycles. The van der Waals surface area contributed by atoms with Crippen LogP contribution in [0.15, 0.2) is 0 Å². The molecular weight excluding hydrogens is 137 g/mol. The molecule has 0 fully saturated rings. The topological polar surface area (TPSA) is 71.4 Å². The van der Waals surface area contributed by atoms with E-state index in [-0.39, 0.29) is 16.8 Å². The van der Waals surface area contributed by atoms with Crippen molar-refractivity contribution in [3.63, 3.8) is 0 Å². The Kier molecular flexibility index (Phi) is 407. The summed E-state index contributed by atoms with van der Waals surface area (Å²) in [5.74, 6) is 0. The second kappa shape index (κ2) is 75.1. The Morgan fingerprint density at radius 2 is 0.571 bits per heavy atom. The van der Waals surface area contributed by atoms with Crippen LogP contribution in [0.5, 0.6) is 0 Å². The fourth-order valence-corrected chi connectivity index (χ4v) is 0. The quantitative estimate of drug-likeness (QED) is 0.450. The molecule has 0 aliphatic carbocycles. The molecule has 0 unspecified atom stereocenters. The summed E-state index contributed by atoms with van der Waals surface area (Å²) < 4.78 is 0. The van der Waals surface area contributed by atoms with Gasteiger partial charge in [-0.1, -0.05) is 0 Å². The van der Waals surface area contributed by atoms with Crippen molar-refractivity contribution >= 4 is 0 Å². The maximum Gasteiger partial charge on any atom is 3.00 e. The first-order chi connectivity index (χ1) is 3.00. The van der Waals surface area contributed by atoms with Crippen LogP contribution in [-0.4, -0.2) is 0 Å². The van der Waals surface area contributed by atoms with Gasteiger partial charge < -0.3 is 35.5 Å². The number of nitrogens with zero attached hydrogens (tertiary/aromatic N) is 3.